The van der Waals surface area contributed by atoms with E-state index in [0.29, 0.717) is 13.0 Å². The lowest BCUT2D eigenvalue weighted by Gasteiger charge is -2.30. The summed E-state index contributed by atoms with van der Waals surface area (Å²) in [5, 5.41) is 26.4. The van der Waals surface area contributed by atoms with Crippen LogP contribution in [0.4, 0.5) is 0 Å². The van der Waals surface area contributed by atoms with E-state index in [-0.39, 0.29) is 0 Å². The topological polar surface area (TPSA) is 134 Å². The third kappa shape index (κ3) is 4.96. The standard InChI is InChI=1S/C12H19NO8/c1-2-13-5-3-4-7(6-13)12(19)21-20-9(11(17)18)8(14)10(15)16/h7-9,14H,2-6H2,1H3,(H,15,16)(H,17,18)/t7?,8?,9-/m1/s1. The summed E-state index contributed by atoms with van der Waals surface area (Å²) >= 11 is 0. The van der Waals surface area contributed by atoms with Crippen LogP contribution in [0, 0.1) is 5.92 Å². The molecule has 0 bridgehead atoms. The normalized spacial score (nSPS) is 22.3. The van der Waals surface area contributed by atoms with Gasteiger partial charge in [0.1, 0.15) is 0 Å². The Labute approximate surface area is 121 Å². The van der Waals surface area contributed by atoms with Crippen molar-refractivity contribution in [3.63, 3.8) is 0 Å². The molecule has 9 nitrogen and oxygen atoms in total. The number of aliphatic hydroxyl groups is 1. The first kappa shape index (κ1) is 17.3. The third-order valence-corrected chi connectivity index (χ3v) is 3.30. The van der Waals surface area contributed by atoms with Gasteiger partial charge in [0.2, 0.25) is 6.10 Å². The second kappa shape index (κ2) is 7.91. The maximum atomic E-state index is 11.8. The van der Waals surface area contributed by atoms with Gasteiger partial charge in [-0.15, -0.1) is 0 Å². The number of carboxylic acids is 2. The molecule has 0 aromatic rings. The summed E-state index contributed by atoms with van der Waals surface area (Å²) in [6.07, 6.45) is -3.11. The molecule has 21 heavy (non-hydrogen) atoms. The van der Waals surface area contributed by atoms with Crippen molar-refractivity contribution in [2.45, 2.75) is 32.0 Å². The minimum Gasteiger partial charge on any atom is -0.479 e. The predicted molar refractivity (Wildman–Crippen MR) is 67.1 cm³/mol. The lowest BCUT2D eigenvalue weighted by Crippen LogP contribution is -2.43. The molecule has 120 valence electrons. The number of aliphatic carboxylic acids is 2. The van der Waals surface area contributed by atoms with Crippen molar-refractivity contribution in [2.75, 3.05) is 19.6 Å². The third-order valence-electron chi connectivity index (χ3n) is 3.30. The van der Waals surface area contributed by atoms with Crippen molar-refractivity contribution in [3.8, 4) is 0 Å². The molecule has 3 N–H and O–H groups in total. The van der Waals surface area contributed by atoms with Crippen LogP contribution in [-0.2, 0) is 24.2 Å². The van der Waals surface area contributed by atoms with Gasteiger partial charge in [0, 0.05) is 6.54 Å². The Bertz CT molecular complexity index is 399. The molecule has 0 amide bonds. The van der Waals surface area contributed by atoms with Crippen LogP contribution in [-0.4, -0.2) is 70.0 Å². The van der Waals surface area contributed by atoms with Crippen molar-refractivity contribution >= 4 is 17.9 Å². The molecule has 1 aliphatic heterocycles. The lowest BCUT2D eigenvalue weighted by molar-refractivity contribution is -0.309. The number of rotatable bonds is 7. The van der Waals surface area contributed by atoms with E-state index in [2.05, 4.69) is 9.78 Å². The maximum absolute atomic E-state index is 11.8. The van der Waals surface area contributed by atoms with Gasteiger partial charge in [-0.05, 0) is 25.9 Å². The van der Waals surface area contributed by atoms with Crippen LogP contribution < -0.4 is 0 Å². The van der Waals surface area contributed by atoms with Gasteiger partial charge in [0.25, 0.3) is 0 Å². The molecule has 9 heteroatoms. The molecule has 0 spiro atoms. The zero-order chi connectivity index (χ0) is 16.0. The van der Waals surface area contributed by atoms with Gasteiger partial charge < -0.3 is 20.2 Å². The number of carbonyl (C=O) groups is 3. The predicted octanol–water partition coefficient (Wildman–Crippen LogP) is -0.908. The zero-order valence-corrected chi connectivity index (χ0v) is 11.6. The second-order valence-corrected chi connectivity index (χ2v) is 4.77. The molecule has 0 aromatic heterocycles. The van der Waals surface area contributed by atoms with Gasteiger partial charge >= 0.3 is 17.9 Å². The van der Waals surface area contributed by atoms with Crippen LogP contribution in [0.5, 0.6) is 0 Å². The SMILES string of the molecule is CCN1CCCC(C(=O)OO[C@@H](C(=O)O)C(O)C(=O)O)C1. The Morgan fingerprint density at radius 3 is 2.48 bits per heavy atom. The van der Waals surface area contributed by atoms with Crippen LogP contribution in [0.1, 0.15) is 19.8 Å². The zero-order valence-electron chi connectivity index (χ0n) is 11.6. The summed E-state index contributed by atoms with van der Waals surface area (Å²) < 4.78 is 0. The Kier molecular flexibility index (Phi) is 6.53. The molecule has 1 heterocycles. The van der Waals surface area contributed by atoms with Crippen molar-refractivity contribution in [1.29, 1.82) is 0 Å². The summed E-state index contributed by atoms with van der Waals surface area (Å²) in [7, 11) is 0. The summed E-state index contributed by atoms with van der Waals surface area (Å²) in [4.78, 5) is 43.9. The van der Waals surface area contributed by atoms with E-state index in [1.165, 1.54) is 0 Å². The number of likely N-dealkylation sites (tertiary alicyclic amines) is 1. The number of hydrogen-bond donors (Lipinski definition) is 3. The number of carbonyl (C=O) groups excluding carboxylic acids is 1. The first-order valence-corrected chi connectivity index (χ1v) is 6.60. The highest BCUT2D eigenvalue weighted by atomic mass is 17.2. The first-order valence-electron chi connectivity index (χ1n) is 6.60. The fourth-order valence-electron chi connectivity index (χ4n) is 2.06. The summed E-state index contributed by atoms with van der Waals surface area (Å²) in [6.45, 7) is 4.07. The highest BCUT2D eigenvalue weighted by molar-refractivity contribution is 5.83. The Morgan fingerprint density at radius 1 is 1.29 bits per heavy atom. The van der Waals surface area contributed by atoms with Crippen molar-refractivity contribution in [1.82, 2.24) is 4.90 Å². The van der Waals surface area contributed by atoms with E-state index in [1.54, 1.807) is 0 Å². The smallest absolute Gasteiger partial charge is 0.346 e. The van der Waals surface area contributed by atoms with E-state index >= 15 is 0 Å². The Balaban J connectivity index is 2.53. The summed E-state index contributed by atoms with van der Waals surface area (Å²) in [6, 6.07) is 0. The highest BCUT2D eigenvalue weighted by Crippen LogP contribution is 2.18. The van der Waals surface area contributed by atoms with Crippen LogP contribution in [0.3, 0.4) is 0 Å². The van der Waals surface area contributed by atoms with Gasteiger partial charge in [-0.25, -0.2) is 14.4 Å². The van der Waals surface area contributed by atoms with Crippen LogP contribution in [0.2, 0.25) is 0 Å². The van der Waals surface area contributed by atoms with E-state index < -0.39 is 36.0 Å². The minimum atomic E-state index is -2.33. The molecule has 0 aromatic carbocycles. The monoisotopic (exact) mass is 305 g/mol. The molecule has 0 aliphatic carbocycles. The average molecular weight is 305 g/mol. The van der Waals surface area contributed by atoms with E-state index in [4.69, 9.17) is 15.3 Å². The van der Waals surface area contributed by atoms with Crippen LogP contribution in [0.15, 0.2) is 0 Å². The first-order chi connectivity index (χ1) is 9.86. The molecule has 1 aliphatic rings. The van der Waals surface area contributed by atoms with Gasteiger partial charge in [-0.3, -0.25) is 4.89 Å². The van der Waals surface area contributed by atoms with Crippen molar-refractivity contribution in [2.24, 2.45) is 5.92 Å². The maximum Gasteiger partial charge on any atom is 0.346 e. The molecule has 0 radical (unpaired) electrons. The Morgan fingerprint density at radius 2 is 1.95 bits per heavy atom. The van der Waals surface area contributed by atoms with Gasteiger partial charge in [-0.1, -0.05) is 6.92 Å². The van der Waals surface area contributed by atoms with E-state index in [1.807, 2.05) is 11.8 Å². The second-order valence-electron chi connectivity index (χ2n) is 4.77. The quantitative estimate of drug-likeness (QED) is 0.403. The van der Waals surface area contributed by atoms with Crippen LogP contribution >= 0.6 is 0 Å². The highest BCUT2D eigenvalue weighted by Gasteiger charge is 2.36. The lowest BCUT2D eigenvalue weighted by atomic mass is 9.98. The number of piperidine rings is 1. The fraction of sp³-hybridized carbons (Fsp3) is 0.750. The molecule has 3 atom stereocenters. The molecular formula is C12H19NO8. The van der Waals surface area contributed by atoms with E-state index in [9.17, 15) is 14.4 Å². The Hall–Kier alpha value is -1.71. The van der Waals surface area contributed by atoms with Crippen molar-refractivity contribution < 1.29 is 39.5 Å². The largest absolute Gasteiger partial charge is 0.479 e. The van der Waals surface area contributed by atoms with Gasteiger partial charge in [-0.2, -0.15) is 4.89 Å². The molecule has 1 rings (SSSR count). The van der Waals surface area contributed by atoms with E-state index in [0.717, 1.165) is 19.5 Å². The summed E-state index contributed by atoms with van der Waals surface area (Å²) in [5.41, 5.74) is 0. The molecule has 1 saturated heterocycles. The number of carboxylic acid groups (broad SMARTS) is 2. The summed E-state index contributed by atoms with van der Waals surface area (Å²) in [5.74, 6) is -4.75. The molecule has 1 fully saturated rings. The number of nitrogens with zero attached hydrogens (tertiary/aromatic N) is 1. The van der Waals surface area contributed by atoms with Gasteiger partial charge in [0.05, 0.1) is 5.92 Å². The minimum absolute atomic E-state index is 0.463. The number of aliphatic hydroxyl groups excluding tert-OH is 1. The van der Waals surface area contributed by atoms with Gasteiger partial charge in [0.15, 0.2) is 6.10 Å². The number of hydrogen-bond acceptors (Lipinski definition) is 7. The van der Waals surface area contributed by atoms with Crippen LogP contribution in [0.25, 0.3) is 0 Å². The molecule has 2 unspecified atom stereocenters. The molecule has 0 saturated carbocycles. The molecular weight excluding hydrogens is 286 g/mol. The average Bonchev–Trinajstić information content (AvgIpc) is 2.46. The van der Waals surface area contributed by atoms with Crippen molar-refractivity contribution in [3.05, 3.63) is 0 Å². The fourth-order valence-corrected chi connectivity index (χ4v) is 2.06.